The molecule has 0 radical (unpaired) electrons. The van der Waals surface area contributed by atoms with Gasteiger partial charge < -0.3 is 25.3 Å². The zero-order valence-corrected chi connectivity index (χ0v) is 38.8. The third kappa shape index (κ3) is 11.7. The minimum atomic E-state index is -0.615. The number of H-pyrrole nitrogens is 2. The summed E-state index contributed by atoms with van der Waals surface area (Å²) in [5, 5.41) is 15.8. The molecule has 3 fully saturated rings. The second-order valence-electron chi connectivity index (χ2n) is 17.9. The molecule has 0 bridgehead atoms. The lowest BCUT2D eigenvalue weighted by Crippen LogP contribution is -2.51. The van der Waals surface area contributed by atoms with E-state index in [9.17, 15) is 42.3 Å². The Balaban J connectivity index is 0.000000191. The second-order valence-corrected chi connectivity index (χ2v) is 17.9. The molecule has 3 aliphatic rings. The van der Waals surface area contributed by atoms with Gasteiger partial charge in [0.1, 0.15) is 17.4 Å². The predicted octanol–water partition coefficient (Wildman–Crippen LogP) is 4.76. The smallest absolute Gasteiger partial charge is 0.272 e. The van der Waals surface area contributed by atoms with Gasteiger partial charge >= 0.3 is 0 Å². The first-order chi connectivity index (χ1) is 33.9. The number of hydrogen-bond acceptors (Lipinski definition) is 10. The lowest BCUT2D eigenvalue weighted by atomic mass is 10.0. The number of rotatable bonds is 14. The average molecular weight is 956 g/mol. The number of amides is 4. The Bertz CT molecular complexity index is 3050. The third-order valence-corrected chi connectivity index (χ3v) is 13.0. The summed E-state index contributed by atoms with van der Waals surface area (Å²) in [6.07, 6.45) is 4.82. The van der Waals surface area contributed by atoms with Crippen LogP contribution in [-0.2, 0) is 27.2 Å². The van der Waals surface area contributed by atoms with Crippen molar-refractivity contribution in [1.82, 2.24) is 40.0 Å². The van der Waals surface area contributed by atoms with Crippen LogP contribution in [0.1, 0.15) is 88.2 Å². The van der Waals surface area contributed by atoms with Crippen LogP contribution in [0.4, 0.5) is 8.78 Å². The van der Waals surface area contributed by atoms with Gasteiger partial charge in [-0.25, -0.2) is 19.0 Å². The number of nitrogens with two attached hydrogens (primary N) is 1. The SMILES string of the molecule is NCCCC(=O)CCCC(=O)N1CCN(C(=O)c2cc(Cc3n[nH]c(=O)c4ccccc34)ccc2F)CC1.O=C(c1cc(Cc2n[nH]c(=O)c3ccccc23)ccc1F)N1CCN(C(=O)C2CC2)CC1. The number of ketones is 1. The van der Waals surface area contributed by atoms with Crippen LogP contribution in [0.2, 0.25) is 0 Å². The van der Waals surface area contributed by atoms with Gasteiger partial charge in [-0.05, 0) is 79.8 Å². The van der Waals surface area contributed by atoms with E-state index in [1.54, 1.807) is 62.1 Å². The molecule has 70 heavy (non-hydrogen) atoms. The van der Waals surface area contributed by atoms with Crippen molar-refractivity contribution < 1.29 is 32.8 Å². The molecule has 364 valence electrons. The summed E-state index contributed by atoms with van der Waals surface area (Å²) in [4.78, 5) is 93.4. The molecule has 2 aromatic heterocycles. The van der Waals surface area contributed by atoms with Crippen molar-refractivity contribution in [2.24, 2.45) is 11.7 Å². The van der Waals surface area contributed by atoms with Crippen molar-refractivity contribution in [3.05, 3.63) is 151 Å². The number of carbonyl (C=O) groups is 5. The molecular formula is C52H55F2N9O7. The first-order valence-electron chi connectivity index (χ1n) is 23.7. The fourth-order valence-corrected chi connectivity index (χ4v) is 8.93. The largest absolute Gasteiger partial charge is 0.339 e. The number of halogens is 2. The van der Waals surface area contributed by atoms with E-state index < -0.39 is 17.5 Å². The highest BCUT2D eigenvalue weighted by Gasteiger charge is 2.35. The highest BCUT2D eigenvalue weighted by molar-refractivity contribution is 5.96. The van der Waals surface area contributed by atoms with Crippen LogP contribution >= 0.6 is 0 Å². The molecule has 0 unspecified atom stereocenters. The molecule has 0 spiro atoms. The van der Waals surface area contributed by atoms with Crippen molar-refractivity contribution in [2.75, 3.05) is 58.9 Å². The molecule has 0 atom stereocenters. The number of Topliss-reactive ketones (excluding diaryl/α,β-unsaturated/α-hetero) is 1. The van der Waals surface area contributed by atoms with E-state index in [0.29, 0.717) is 131 Å². The summed E-state index contributed by atoms with van der Waals surface area (Å²) in [7, 11) is 0. The Morgan fingerprint density at radius 3 is 1.44 bits per heavy atom. The molecule has 16 nitrogen and oxygen atoms in total. The fourth-order valence-electron chi connectivity index (χ4n) is 8.93. The highest BCUT2D eigenvalue weighted by atomic mass is 19.1. The zero-order chi connectivity index (χ0) is 49.3. The molecule has 4 aromatic carbocycles. The summed E-state index contributed by atoms with van der Waals surface area (Å²) in [5.41, 5.74) is 7.53. The van der Waals surface area contributed by atoms with Crippen LogP contribution < -0.4 is 16.9 Å². The van der Waals surface area contributed by atoms with Crippen LogP contribution in [0.3, 0.4) is 0 Å². The molecule has 6 aromatic rings. The van der Waals surface area contributed by atoms with Gasteiger partial charge in [0, 0.05) is 101 Å². The third-order valence-electron chi connectivity index (χ3n) is 13.0. The number of piperazine rings is 2. The number of aromatic nitrogens is 4. The van der Waals surface area contributed by atoms with Gasteiger partial charge in [0.05, 0.1) is 33.3 Å². The molecular weight excluding hydrogens is 901 g/mol. The van der Waals surface area contributed by atoms with Crippen molar-refractivity contribution in [3.63, 3.8) is 0 Å². The Hall–Kier alpha value is -7.47. The predicted molar refractivity (Wildman–Crippen MR) is 258 cm³/mol. The molecule has 4 N–H and O–H groups in total. The summed E-state index contributed by atoms with van der Waals surface area (Å²) >= 11 is 0. The van der Waals surface area contributed by atoms with Crippen molar-refractivity contribution in [2.45, 2.75) is 57.8 Å². The molecule has 2 saturated heterocycles. The summed E-state index contributed by atoms with van der Waals surface area (Å²) in [6.45, 7) is 3.56. The zero-order valence-electron chi connectivity index (χ0n) is 38.8. The number of carbonyl (C=O) groups excluding carboxylic acids is 5. The maximum atomic E-state index is 14.7. The normalized spacial score (nSPS) is 14.9. The van der Waals surface area contributed by atoms with Crippen LogP contribution in [0.5, 0.6) is 0 Å². The van der Waals surface area contributed by atoms with Crippen molar-refractivity contribution >= 4 is 51.0 Å². The monoisotopic (exact) mass is 955 g/mol. The minimum absolute atomic E-state index is 0.0122. The second kappa shape index (κ2) is 22.3. The molecule has 18 heteroatoms. The molecule has 4 heterocycles. The van der Waals surface area contributed by atoms with Crippen LogP contribution in [0.25, 0.3) is 21.5 Å². The van der Waals surface area contributed by atoms with Gasteiger partial charge in [-0.15, -0.1) is 0 Å². The molecule has 2 aliphatic heterocycles. The maximum Gasteiger partial charge on any atom is 0.272 e. The Morgan fingerprint density at radius 1 is 0.557 bits per heavy atom. The summed E-state index contributed by atoms with van der Waals surface area (Å²) in [5.74, 6) is -1.59. The summed E-state index contributed by atoms with van der Waals surface area (Å²) in [6, 6.07) is 23.2. The van der Waals surface area contributed by atoms with E-state index >= 15 is 0 Å². The Kier molecular flexibility index (Phi) is 15.6. The first kappa shape index (κ1) is 49.0. The number of nitrogens with zero attached hydrogens (tertiary/aromatic N) is 6. The number of benzene rings is 4. The Morgan fingerprint density at radius 2 is 0.986 bits per heavy atom. The number of fused-ring (bicyclic) bond motifs is 2. The standard InChI is InChI=1S/C28H32FN5O4.C24H23FN4O3/c29-24-11-10-19(18-25-21-7-1-2-8-22(21)27(37)32-31-25)17-23(24)28(38)34-15-13-33(14-16-34)26(36)9-3-5-20(35)6-4-12-30;25-20-8-5-15(14-21-17-3-1-2-4-18(17)22(30)27-26-21)13-19(20)24(32)29-11-9-28(10-12-29)23(31)16-6-7-16/h1-2,7-8,10-11,17H,3-6,9,12-16,18,30H2,(H,32,37);1-5,8,13,16H,6-7,9-12,14H2,(H,27,30). The topological polar surface area (TPSA) is 216 Å². The molecule has 9 rings (SSSR count). The van der Waals surface area contributed by atoms with Gasteiger partial charge in [0.2, 0.25) is 11.8 Å². The molecule has 4 amide bonds. The lowest BCUT2D eigenvalue weighted by molar-refractivity contribution is -0.134. The van der Waals surface area contributed by atoms with Gasteiger partial charge in [-0.2, -0.15) is 10.2 Å². The number of aromatic amines is 2. The Labute approximate surface area is 401 Å². The number of hydrogen-bond donors (Lipinski definition) is 3. The fraction of sp³-hybridized carbons (Fsp3) is 0.365. The minimum Gasteiger partial charge on any atom is -0.339 e. The van der Waals surface area contributed by atoms with E-state index in [1.165, 1.54) is 18.2 Å². The average Bonchev–Trinajstić information content (AvgIpc) is 4.24. The van der Waals surface area contributed by atoms with Crippen LogP contribution in [0, 0.1) is 17.6 Å². The lowest BCUT2D eigenvalue weighted by Gasteiger charge is -2.35. The van der Waals surface area contributed by atoms with Gasteiger partial charge in [-0.1, -0.05) is 48.5 Å². The first-order valence-corrected chi connectivity index (χ1v) is 23.7. The van der Waals surface area contributed by atoms with Gasteiger partial charge in [0.15, 0.2) is 0 Å². The van der Waals surface area contributed by atoms with Crippen molar-refractivity contribution in [1.29, 1.82) is 0 Å². The van der Waals surface area contributed by atoms with E-state index in [1.807, 2.05) is 24.3 Å². The summed E-state index contributed by atoms with van der Waals surface area (Å²) < 4.78 is 29.3. The van der Waals surface area contributed by atoms with Crippen molar-refractivity contribution in [3.8, 4) is 0 Å². The quantitative estimate of drug-likeness (QED) is 0.136. The van der Waals surface area contributed by atoms with E-state index in [0.717, 1.165) is 23.8 Å². The number of nitrogens with one attached hydrogen (secondary N) is 2. The van der Waals surface area contributed by atoms with E-state index in [2.05, 4.69) is 20.4 Å². The van der Waals surface area contributed by atoms with Crippen LogP contribution in [-0.4, -0.2) is 128 Å². The highest BCUT2D eigenvalue weighted by Crippen LogP contribution is 2.31. The molecule has 1 saturated carbocycles. The molecule has 1 aliphatic carbocycles. The maximum absolute atomic E-state index is 14.7. The van der Waals surface area contributed by atoms with Crippen LogP contribution in [0.15, 0.2) is 94.5 Å². The van der Waals surface area contributed by atoms with E-state index in [4.69, 9.17) is 5.73 Å². The van der Waals surface area contributed by atoms with Gasteiger partial charge in [-0.3, -0.25) is 33.6 Å². The van der Waals surface area contributed by atoms with Gasteiger partial charge in [0.25, 0.3) is 22.9 Å². The van der Waals surface area contributed by atoms with E-state index in [-0.39, 0.29) is 58.1 Å².